The molecule has 128 valence electrons. The zero-order chi connectivity index (χ0) is 18.3. The van der Waals surface area contributed by atoms with Gasteiger partial charge in [-0.15, -0.1) is 0 Å². The molecule has 2 aromatic carbocycles. The summed E-state index contributed by atoms with van der Waals surface area (Å²) in [6.45, 7) is 3.69. The van der Waals surface area contributed by atoms with Gasteiger partial charge in [0.1, 0.15) is 5.75 Å². The van der Waals surface area contributed by atoms with Crippen molar-refractivity contribution in [3.8, 4) is 5.75 Å². The van der Waals surface area contributed by atoms with Crippen LogP contribution in [0, 0.1) is 13.8 Å². The zero-order valence-corrected chi connectivity index (χ0v) is 14.6. The summed E-state index contributed by atoms with van der Waals surface area (Å²) >= 11 is 6.03. The van der Waals surface area contributed by atoms with Gasteiger partial charge in [0, 0.05) is 16.6 Å². The third-order valence-corrected chi connectivity index (χ3v) is 4.56. The molecule has 6 heteroatoms. The molecule has 1 amide bonds. The molecule has 0 aliphatic rings. The highest BCUT2D eigenvalue weighted by Gasteiger charge is 2.22. The Hall–Kier alpha value is -2.79. The van der Waals surface area contributed by atoms with Crippen molar-refractivity contribution < 1.29 is 14.7 Å². The summed E-state index contributed by atoms with van der Waals surface area (Å²) in [7, 11) is 0. The molecule has 0 unspecified atom stereocenters. The second-order valence-electron chi connectivity index (χ2n) is 6.03. The lowest BCUT2D eigenvalue weighted by Gasteiger charge is -2.08. The van der Waals surface area contributed by atoms with Crippen LogP contribution in [0.3, 0.4) is 0 Å². The predicted octanol–water partition coefficient (Wildman–Crippen LogP) is 3.33. The molecule has 0 radical (unpaired) electrons. The number of aromatic hydroxyl groups is 1. The third kappa shape index (κ3) is 2.98. The quantitative estimate of drug-likeness (QED) is 0.754. The van der Waals surface area contributed by atoms with Crippen LogP contribution in [-0.2, 0) is 11.2 Å². The number of phenolic OH excluding ortho intramolecular Hbond substituents is 1. The van der Waals surface area contributed by atoms with E-state index >= 15 is 0 Å². The van der Waals surface area contributed by atoms with Gasteiger partial charge in [0.2, 0.25) is 5.91 Å². The second-order valence-corrected chi connectivity index (χ2v) is 6.44. The number of carbonyl (C=O) groups excluding carboxylic acids is 2. The molecule has 0 spiro atoms. The SMILES string of the molecule is Cc1ccc(C(=O)n2c(C)c(CC(N)=O)c3cc(O)c(Cl)cc32)cc1. The van der Waals surface area contributed by atoms with Gasteiger partial charge in [-0.05, 0) is 43.7 Å². The number of nitrogens with two attached hydrogens (primary N) is 1. The summed E-state index contributed by atoms with van der Waals surface area (Å²) in [5, 5.41) is 10.6. The standard InChI is InChI=1S/C19H17ClN2O3/c1-10-3-5-12(6-4-10)19(25)22-11(2)13(8-18(21)24)14-7-17(23)15(20)9-16(14)22/h3-7,9,23H,8H2,1-2H3,(H2,21,24). The van der Waals surface area contributed by atoms with Crippen molar-refractivity contribution in [2.75, 3.05) is 0 Å². The minimum Gasteiger partial charge on any atom is -0.506 e. The number of nitrogens with zero attached hydrogens (tertiary/aromatic N) is 1. The number of aromatic nitrogens is 1. The number of halogens is 1. The second kappa shape index (κ2) is 6.26. The van der Waals surface area contributed by atoms with Gasteiger partial charge in [-0.1, -0.05) is 29.3 Å². The fraction of sp³-hybridized carbons (Fsp3) is 0.158. The Bertz CT molecular complexity index is 1000. The summed E-state index contributed by atoms with van der Waals surface area (Å²) in [5.41, 5.74) is 8.64. The van der Waals surface area contributed by atoms with E-state index in [0.29, 0.717) is 27.7 Å². The largest absolute Gasteiger partial charge is 0.506 e. The highest BCUT2D eigenvalue weighted by Crippen LogP contribution is 2.34. The number of primary amides is 1. The third-order valence-electron chi connectivity index (χ3n) is 4.26. The molecule has 0 aliphatic heterocycles. The maximum atomic E-state index is 13.0. The molecule has 0 bridgehead atoms. The van der Waals surface area contributed by atoms with E-state index in [0.717, 1.165) is 5.56 Å². The Morgan fingerprint density at radius 2 is 1.80 bits per heavy atom. The van der Waals surface area contributed by atoms with Crippen LogP contribution < -0.4 is 5.73 Å². The van der Waals surface area contributed by atoms with Gasteiger partial charge in [0.15, 0.2) is 0 Å². The summed E-state index contributed by atoms with van der Waals surface area (Å²) in [4.78, 5) is 24.5. The summed E-state index contributed by atoms with van der Waals surface area (Å²) < 4.78 is 1.50. The Morgan fingerprint density at radius 1 is 1.16 bits per heavy atom. The van der Waals surface area contributed by atoms with Crippen LogP contribution in [0.2, 0.25) is 5.02 Å². The van der Waals surface area contributed by atoms with Crippen molar-refractivity contribution >= 4 is 34.3 Å². The molecule has 3 rings (SSSR count). The van der Waals surface area contributed by atoms with Crippen LogP contribution in [0.1, 0.15) is 27.2 Å². The molecule has 0 atom stereocenters. The van der Waals surface area contributed by atoms with Crippen molar-refractivity contribution in [3.63, 3.8) is 0 Å². The number of carbonyl (C=O) groups is 2. The molecular weight excluding hydrogens is 340 g/mol. The molecule has 25 heavy (non-hydrogen) atoms. The van der Waals surface area contributed by atoms with Crippen LogP contribution in [0.25, 0.3) is 10.9 Å². The topological polar surface area (TPSA) is 85.3 Å². The summed E-state index contributed by atoms with van der Waals surface area (Å²) in [6.07, 6.45) is -0.0302. The van der Waals surface area contributed by atoms with Crippen LogP contribution in [-0.4, -0.2) is 21.5 Å². The monoisotopic (exact) mass is 356 g/mol. The molecule has 0 saturated heterocycles. The first-order valence-electron chi connectivity index (χ1n) is 7.71. The number of amides is 1. The number of hydrogen-bond donors (Lipinski definition) is 2. The first kappa shape index (κ1) is 17.0. The van der Waals surface area contributed by atoms with Crippen molar-refractivity contribution in [2.24, 2.45) is 5.73 Å². The average molecular weight is 357 g/mol. The van der Waals surface area contributed by atoms with Crippen LogP contribution in [0.5, 0.6) is 5.75 Å². The van der Waals surface area contributed by atoms with Crippen molar-refractivity contribution in [2.45, 2.75) is 20.3 Å². The number of fused-ring (bicyclic) bond motifs is 1. The van der Waals surface area contributed by atoms with Gasteiger partial charge in [0.25, 0.3) is 5.91 Å². The Kier molecular flexibility index (Phi) is 4.27. The first-order valence-corrected chi connectivity index (χ1v) is 8.09. The Morgan fingerprint density at radius 3 is 2.40 bits per heavy atom. The Balaban J connectivity index is 2.28. The molecule has 5 nitrogen and oxygen atoms in total. The maximum Gasteiger partial charge on any atom is 0.262 e. The van der Waals surface area contributed by atoms with Gasteiger partial charge >= 0.3 is 0 Å². The molecule has 1 aromatic heterocycles. The first-order chi connectivity index (χ1) is 11.8. The van der Waals surface area contributed by atoms with Crippen LogP contribution >= 0.6 is 11.6 Å². The van der Waals surface area contributed by atoms with E-state index in [2.05, 4.69) is 0 Å². The fourth-order valence-corrected chi connectivity index (χ4v) is 3.13. The van der Waals surface area contributed by atoms with Crippen molar-refractivity contribution in [3.05, 3.63) is 63.8 Å². The molecule has 3 N–H and O–H groups in total. The molecular formula is C19H17ClN2O3. The number of hydrogen-bond acceptors (Lipinski definition) is 3. The summed E-state index contributed by atoms with van der Waals surface area (Å²) in [6, 6.07) is 10.2. The van der Waals surface area contributed by atoms with E-state index in [-0.39, 0.29) is 23.1 Å². The number of benzene rings is 2. The van der Waals surface area contributed by atoms with Gasteiger partial charge < -0.3 is 10.8 Å². The normalized spacial score (nSPS) is 11.0. The molecule has 1 heterocycles. The molecule has 0 fully saturated rings. The Labute approximate surface area is 149 Å². The van der Waals surface area contributed by atoms with E-state index in [1.54, 1.807) is 19.1 Å². The van der Waals surface area contributed by atoms with Crippen LogP contribution in [0.15, 0.2) is 36.4 Å². The molecule has 0 saturated carbocycles. The number of phenols is 1. The highest BCUT2D eigenvalue weighted by molar-refractivity contribution is 6.33. The fourth-order valence-electron chi connectivity index (χ4n) is 2.97. The lowest BCUT2D eigenvalue weighted by molar-refractivity contribution is -0.117. The molecule has 0 aliphatic carbocycles. The van der Waals surface area contributed by atoms with Gasteiger partial charge in [0.05, 0.1) is 17.0 Å². The smallest absolute Gasteiger partial charge is 0.262 e. The van der Waals surface area contributed by atoms with E-state index in [9.17, 15) is 14.7 Å². The van der Waals surface area contributed by atoms with Gasteiger partial charge in [-0.2, -0.15) is 0 Å². The predicted molar refractivity (Wildman–Crippen MR) is 97.2 cm³/mol. The van der Waals surface area contributed by atoms with E-state index in [4.69, 9.17) is 17.3 Å². The highest BCUT2D eigenvalue weighted by atomic mass is 35.5. The van der Waals surface area contributed by atoms with E-state index in [1.807, 2.05) is 19.1 Å². The van der Waals surface area contributed by atoms with Crippen molar-refractivity contribution in [1.29, 1.82) is 0 Å². The molecule has 3 aromatic rings. The number of aryl methyl sites for hydroxylation is 1. The number of rotatable bonds is 3. The van der Waals surface area contributed by atoms with Gasteiger partial charge in [-0.3, -0.25) is 14.2 Å². The van der Waals surface area contributed by atoms with Crippen molar-refractivity contribution in [1.82, 2.24) is 4.57 Å². The zero-order valence-electron chi connectivity index (χ0n) is 13.8. The average Bonchev–Trinajstić information content (AvgIpc) is 2.80. The van der Waals surface area contributed by atoms with E-state index in [1.165, 1.54) is 16.7 Å². The minimum atomic E-state index is -0.514. The maximum absolute atomic E-state index is 13.0. The van der Waals surface area contributed by atoms with Crippen LogP contribution in [0.4, 0.5) is 0 Å². The minimum absolute atomic E-state index is 0.0302. The van der Waals surface area contributed by atoms with Gasteiger partial charge in [-0.25, -0.2) is 0 Å². The summed E-state index contributed by atoms with van der Waals surface area (Å²) in [5.74, 6) is -0.862. The van der Waals surface area contributed by atoms with E-state index < -0.39 is 5.91 Å². The lowest BCUT2D eigenvalue weighted by atomic mass is 10.1. The lowest BCUT2D eigenvalue weighted by Crippen LogP contribution is -2.16.